The van der Waals surface area contributed by atoms with Crippen molar-refractivity contribution in [3.05, 3.63) is 18.0 Å². The molecule has 0 bridgehead atoms. The predicted octanol–water partition coefficient (Wildman–Crippen LogP) is 1.98. The summed E-state index contributed by atoms with van der Waals surface area (Å²) in [4.78, 5) is 0. The largest absolute Gasteiger partial charge is 0.385 e. The molecule has 1 unspecified atom stereocenters. The highest BCUT2D eigenvalue weighted by Gasteiger charge is 2.04. The fourth-order valence-corrected chi connectivity index (χ4v) is 1.43. The number of hydrogen-bond donors (Lipinski definition) is 1. The van der Waals surface area contributed by atoms with Crippen molar-refractivity contribution < 1.29 is 4.74 Å². The number of ether oxygens (including phenoxy) is 1. The number of methoxy groups -OCH3 is 1. The molecule has 1 aromatic rings. The molecule has 1 atom stereocenters. The van der Waals surface area contributed by atoms with Crippen LogP contribution in [0.15, 0.2) is 12.3 Å². The first-order chi connectivity index (χ1) is 7.63. The average molecular weight is 225 g/mol. The van der Waals surface area contributed by atoms with Gasteiger partial charge in [0.15, 0.2) is 0 Å². The molecule has 0 aliphatic heterocycles. The van der Waals surface area contributed by atoms with E-state index in [0.717, 1.165) is 25.3 Å². The first-order valence-corrected chi connectivity index (χ1v) is 5.90. The Morgan fingerprint density at radius 2 is 2.19 bits per heavy atom. The van der Waals surface area contributed by atoms with E-state index in [4.69, 9.17) is 4.74 Å². The van der Waals surface area contributed by atoms with Crippen LogP contribution in [0, 0.1) is 0 Å². The van der Waals surface area contributed by atoms with Crippen molar-refractivity contribution in [2.75, 3.05) is 13.7 Å². The molecule has 4 heteroatoms. The summed E-state index contributed by atoms with van der Waals surface area (Å²) in [7, 11) is 1.73. The van der Waals surface area contributed by atoms with Crippen molar-refractivity contribution in [1.29, 1.82) is 0 Å². The number of hydrogen-bond acceptors (Lipinski definition) is 3. The lowest BCUT2D eigenvalue weighted by Crippen LogP contribution is -2.26. The molecule has 0 spiro atoms. The topological polar surface area (TPSA) is 39.1 Å². The second kappa shape index (κ2) is 6.66. The first-order valence-electron chi connectivity index (χ1n) is 5.90. The standard InChI is InChI=1S/C12H23N3O/c1-10(2)15-7-5-12(14-15)9-13-11(3)6-8-16-4/h5,7,10-11,13H,6,8-9H2,1-4H3. The number of nitrogens with zero attached hydrogens (tertiary/aromatic N) is 2. The Hall–Kier alpha value is -0.870. The predicted molar refractivity (Wildman–Crippen MR) is 65.4 cm³/mol. The zero-order valence-corrected chi connectivity index (χ0v) is 10.7. The second-order valence-electron chi connectivity index (χ2n) is 4.44. The summed E-state index contributed by atoms with van der Waals surface area (Å²) in [6.45, 7) is 8.05. The van der Waals surface area contributed by atoms with E-state index >= 15 is 0 Å². The highest BCUT2D eigenvalue weighted by molar-refractivity contribution is 4.99. The van der Waals surface area contributed by atoms with Crippen LogP contribution in [0.5, 0.6) is 0 Å². The molecule has 0 aliphatic carbocycles. The van der Waals surface area contributed by atoms with E-state index in [0.29, 0.717) is 12.1 Å². The summed E-state index contributed by atoms with van der Waals surface area (Å²) >= 11 is 0. The van der Waals surface area contributed by atoms with Crippen LogP contribution in [0.2, 0.25) is 0 Å². The van der Waals surface area contributed by atoms with E-state index in [-0.39, 0.29) is 0 Å². The maximum absolute atomic E-state index is 5.04. The molecule has 0 saturated carbocycles. The molecular weight excluding hydrogens is 202 g/mol. The van der Waals surface area contributed by atoms with Gasteiger partial charge in [-0.05, 0) is 33.3 Å². The van der Waals surface area contributed by atoms with Gasteiger partial charge in [-0.25, -0.2) is 0 Å². The van der Waals surface area contributed by atoms with Gasteiger partial charge >= 0.3 is 0 Å². The molecule has 0 fully saturated rings. The lowest BCUT2D eigenvalue weighted by molar-refractivity contribution is 0.184. The molecule has 92 valence electrons. The summed E-state index contributed by atoms with van der Waals surface area (Å²) in [5.74, 6) is 0. The molecule has 0 aromatic carbocycles. The molecule has 1 rings (SSSR count). The van der Waals surface area contributed by atoms with E-state index in [9.17, 15) is 0 Å². The third-order valence-corrected chi connectivity index (χ3v) is 2.58. The summed E-state index contributed by atoms with van der Waals surface area (Å²) in [5.41, 5.74) is 1.10. The maximum Gasteiger partial charge on any atom is 0.0762 e. The van der Waals surface area contributed by atoms with Crippen LogP contribution in [0.25, 0.3) is 0 Å². The zero-order chi connectivity index (χ0) is 12.0. The third-order valence-electron chi connectivity index (χ3n) is 2.58. The van der Waals surface area contributed by atoms with E-state index in [1.807, 2.05) is 10.9 Å². The van der Waals surface area contributed by atoms with Crippen LogP contribution >= 0.6 is 0 Å². The molecule has 0 aliphatic rings. The van der Waals surface area contributed by atoms with E-state index < -0.39 is 0 Å². The fourth-order valence-electron chi connectivity index (χ4n) is 1.43. The van der Waals surface area contributed by atoms with E-state index in [1.165, 1.54) is 0 Å². The van der Waals surface area contributed by atoms with Crippen molar-refractivity contribution in [2.45, 2.75) is 45.8 Å². The molecule has 1 N–H and O–H groups in total. The van der Waals surface area contributed by atoms with Crippen LogP contribution in [0.1, 0.15) is 38.9 Å². The summed E-state index contributed by atoms with van der Waals surface area (Å²) in [6.07, 6.45) is 3.06. The van der Waals surface area contributed by atoms with Gasteiger partial charge in [0.2, 0.25) is 0 Å². The normalized spacial score (nSPS) is 13.3. The highest BCUT2D eigenvalue weighted by Crippen LogP contribution is 2.04. The van der Waals surface area contributed by atoms with Crippen molar-refractivity contribution >= 4 is 0 Å². The zero-order valence-electron chi connectivity index (χ0n) is 10.7. The molecule has 16 heavy (non-hydrogen) atoms. The minimum Gasteiger partial charge on any atom is -0.385 e. The molecule has 0 saturated heterocycles. The van der Waals surface area contributed by atoms with Gasteiger partial charge in [0, 0.05) is 38.5 Å². The molecule has 0 radical (unpaired) electrons. The molecule has 4 nitrogen and oxygen atoms in total. The highest BCUT2D eigenvalue weighted by atomic mass is 16.5. The summed E-state index contributed by atoms with van der Waals surface area (Å²) in [5, 5.41) is 7.92. The SMILES string of the molecule is COCCC(C)NCc1ccn(C(C)C)n1. The van der Waals surface area contributed by atoms with Gasteiger partial charge in [0.25, 0.3) is 0 Å². The van der Waals surface area contributed by atoms with Gasteiger partial charge < -0.3 is 10.1 Å². The molecule has 0 amide bonds. The monoisotopic (exact) mass is 225 g/mol. The lowest BCUT2D eigenvalue weighted by atomic mass is 10.2. The Morgan fingerprint density at radius 3 is 2.75 bits per heavy atom. The lowest BCUT2D eigenvalue weighted by Gasteiger charge is -2.11. The van der Waals surface area contributed by atoms with Crippen LogP contribution in [-0.4, -0.2) is 29.5 Å². The molecule has 1 heterocycles. The Labute approximate surface area is 98.0 Å². The molecular formula is C12H23N3O. The van der Waals surface area contributed by atoms with Gasteiger partial charge in [-0.15, -0.1) is 0 Å². The van der Waals surface area contributed by atoms with Crippen LogP contribution < -0.4 is 5.32 Å². The van der Waals surface area contributed by atoms with Crippen molar-refractivity contribution in [2.24, 2.45) is 0 Å². The van der Waals surface area contributed by atoms with Crippen molar-refractivity contribution in [3.63, 3.8) is 0 Å². The quantitative estimate of drug-likeness (QED) is 0.771. The average Bonchev–Trinajstić information content (AvgIpc) is 2.72. The fraction of sp³-hybridized carbons (Fsp3) is 0.750. The Balaban J connectivity index is 2.31. The number of aromatic nitrogens is 2. The van der Waals surface area contributed by atoms with Crippen molar-refractivity contribution in [3.8, 4) is 0 Å². The summed E-state index contributed by atoms with van der Waals surface area (Å²) in [6, 6.07) is 2.96. The van der Waals surface area contributed by atoms with Crippen molar-refractivity contribution in [1.82, 2.24) is 15.1 Å². The minimum atomic E-state index is 0.430. The maximum atomic E-state index is 5.04. The van der Waals surface area contributed by atoms with Gasteiger partial charge in [-0.3, -0.25) is 4.68 Å². The minimum absolute atomic E-state index is 0.430. The van der Waals surface area contributed by atoms with Crippen LogP contribution in [0.3, 0.4) is 0 Å². The number of nitrogens with one attached hydrogen (secondary N) is 1. The first kappa shape index (κ1) is 13.2. The third kappa shape index (κ3) is 4.33. The summed E-state index contributed by atoms with van der Waals surface area (Å²) < 4.78 is 7.02. The number of rotatable bonds is 7. The Bertz CT molecular complexity index is 296. The van der Waals surface area contributed by atoms with Gasteiger partial charge in [-0.1, -0.05) is 0 Å². The Morgan fingerprint density at radius 1 is 1.44 bits per heavy atom. The van der Waals surface area contributed by atoms with Gasteiger partial charge in [-0.2, -0.15) is 5.10 Å². The van der Waals surface area contributed by atoms with Crippen LogP contribution in [-0.2, 0) is 11.3 Å². The van der Waals surface area contributed by atoms with Gasteiger partial charge in [0.1, 0.15) is 0 Å². The van der Waals surface area contributed by atoms with E-state index in [1.54, 1.807) is 7.11 Å². The van der Waals surface area contributed by atoms with E-state index in [2.05, 4.69) is 37.3 Å². The Kier molecular flexibility index (Phi) is 5.49. The van der Waals surface area contributed by atoms with Crippen LogP contribution in [0.4, 0.5) is 0 Å². The molecule has 1 aromatic heterocycles. The van der Waals surface area contributed by atoms with Gasteiger partial charge in [0.05, 0.1) is 5.69 Å². The second-order valence-corrected chi connectivity index (χ2v) is 4.44. The smallest absolute Gasteiger partial charge is 0.0762 e.